The lowest BCUT2D eigenvalue weighted by Crippen LogP contribution is -2.11. The van der Waals surface area contributed by atoms with Gasteiger partial charge < -0.3 is 15.0 Å². The molecule has 0 spiro atoms. The van der Waals surface area contributed by atoms with E-state index in [1.165, 1.54) is 12.4 Å². The molecule has 0 aliphatic heterocycles. The number of nitrogens with zero attached hydrogens (tertiary/aromatic N) is 4. The predicted octanol–water partition coefficient (Wildman–Crippen LogP) is 1.77. The Hall–Kier alpha value is -3.29. The molecule has 0 unspecified atom stereocenters. The molecule has 0 fully saturated rings. The van der Waals surface area contributed by atoms with Gasteiger partial charge in [0.1, 0.15) is 0 Å². The molecule has 0 atom stereocenters. The maximum atomic E-state index is 11.9. The molecule has 2 aromatic heterocycles. The summed E-state index contributed by atoms with van der Waals surface area (Å²) < 4.78 is 10.1. The van der Waals surface area contributed by atoms with Crippen LogP contribution in [0.4, 0.5) is 5.82 Å². The maximum Gasteiger partial charge on any atom is 0.361 e. The maximum absolute atomic E-state index is 11.9. The monoisotopic (exact) mass is 311 g/mol. The fraction of sp³-hybridized carbons (Fsp3) is 0.133. The molecule has 8 nitrogen and oxygen atoms in total. The number of benzene rings is 1. The molecular weight excluding hydrogens is 298 g/mol. The van der Waals surface area contributed by atoms with Gasteiger partial charge in [0, 0.05) is 18.0 Å². The van der Waals surface area contributed by atoms with Crippen LogP contribution in [-0.4, -0.2) is 26.1 Å². The van der Waals surface area contributed by atoms with Gasteiger partial charge in [-0.25, -0.2) is 14.8 Å². The molecule has 3 rings (SSSR count). The number of nitrogens with two attached hydrogens (primary N) is 1. The van der Waals surface area contributed by atoms with Gasteiger partial charge in [0.2, 0.25) is 5.82 Å². The number of carbonyl (C=O) groups is 1. The average Bonchev–Trinajstić information content (AvgIpc) is 3.03. The van der Waals surface area contributed by atoms with Gasteiger partial charge in [0.25, 0.3) is 5.89 Å². The van der Waals surface area contributed by atoms with Gasteiger partial charge in [-0.1, -0.05) is 35.0 Å². The molecule has 3 aromatic rings. The molecule has 2 N–H and O–H groups in total. The lowest BCUT2D eigenvalue weighted by atomic mass is 10.1. The van der Waals surface area contributed by atoms with E-state index in [0.717, 1.165) is 11.1 Å². The zero-order chi connectivity index (χ0) is 16.2. The molecule has 0 saturated heterocycles. The second-order valence-corrected chi connectivity index (χ2v) is 4.74. The smallest absolute Gasteiger partial charge is 0.361 e. The van der Waals surface area contributed by atoms with Gasteiger partial charge in [-0.15, -0.1) is 0 Å². The molecule has 0 saturated carbocycles. The van der Waals surface area contributed by atoms with Gasteiger partial charge >= 0.3 is 5.97 Å². The van der Waals surface area contributed by atoms with E-state index in [-0.39, 0.29) is 24.0 Å². The Morgan fingerprint density at radius 1 is 1.22 bits per heavy atom. The van der Waals surface area contributed by atoms with Crippen molar-refractivity contribution in [2.24, 2.45) is 0 Å². The van der Waals surface area contributed by atoms with Crippen LogP contribution in [0.5, 0.6) is 0 Å². The van der Waals surface area contributed by atoms with Crippen molar-refractivity contribution >= 4 is 11.8 Å². The summed E-state index contributed by atoms with van der Waals surface area (Å²) in [7, 11) is 0. The Kier molecular flexibility index (Phi) is 3.96. The van der Waals surface area contributed by atoms with Crippen LogP contribution < -0.4 is 5.73 Å². The van der Waals surface area contributed by atoms with Crippen LogP contribution in [0.3, 0.4) is 0 Å². The highest BCUT2D eigenvalue weighted by Gasteiger charge is 2.16. The first-order chi connectivity index (χ1) is 11.1. The van der Waals surface area contributed by atoms with Crippen LogP contribution in [0.1, 0.15) is 21.9 Å². The van der Waals surface area contributed by atoms with Crippen molar-refractivity contribution < 1.29 is 14.1 Å². The number of ether oxygens (including phenoxy) is 1. The molecule has 0 radical (unpaired) electrons. The Morgan fingerprint density at radius 3 is 2.70 bits per heavy atom. The minimum Gasteiger partial charge on any atom is -0.451 e. The number of esters is 1. The number of hydrogen-bond acceptors (Lipinski definition) is 8. The van der Waals surface area contributed by atoms with Crippen LogP contribution in [0.2, 0.25) is 0 Å². The molecule has 1 aromatic carbocycles. The van der Waals surface area contributed by atoms with Crippen LogP contribution in [-0.2, 0) is 11.3 Å². The summed E-state index contributed by atoms with van der Waals surface area (Å²) in [6.45, 7) is 1.82. The summed E-state index contributed by atoms with van der Waals surface area (Å²) in [4.78, 5) is 23.6. The van der Waals surface area contributed by atoms with E-state index in [1.807, 2.05) is 31.2 Å². The molecule has 116 valence electrons. The van der Waals surface area contributed by atoms with Crippen molar-refractivity contribution in [2.45, 2.75) is 13.5 Å². The summed E-state index contributed by atoms with van der Waals surface area (Å²) >= 11 is 0. The number of carbonyl (C=O) groups excluding carboxylic acids is 1. The van der Waals surface area contributed by atoms with E-state index in [4.69, 9.17) is 15.0 Å². The quantitative estimate of drug-likeness (QED) is 0.724. The fourth-order valence-electron chi connectivity index (χ4n) is 1.84. The second kappa shape index (κ2) is 6.22. The van der Waals surface area contributed by atoms with E-state index in [1.54, 1.807) is 0 Å². The van der Waals surface area contributed by atoms with Crippen LogP contribution in [0.25, 0.3) is 11.4 Å². The summed E-state index contributed by atoms with van der Waals surface area (Å²) in [5.74, 6) is -0.0967. The van der Waals surface area contributed by atoms with Crippen molar-refractivity contribution in [3.8, 4) is 11.4 Å². The third-order valence-electron chi connectivity index (χ3n) is 3.02. The number of aromatic nitrogens is 4. The third-order valence-corrected chi connectivity index (χ3v) is 3.02. The molecule has 2 heterocycles. The summed E-state index contributed by atoms with van der Waals surface area (Å²) in [6.07, 6.45) is 2.74. The third kappa shape index (κ3) is 3.31. The van der Waals surface area contributed by atoms with Crippen LogP contribution in [0, 0.1) is 6.92 Å². The van der Waals surface area contributed by atoms with Crippen molar-refractivity contribution in [2.75, 3.05) is 5.73 Å². The van der Waals surface area contributed by atoms with E-state index in [0.29, 0.717) is 5.82 Å². The van der Waals surface area contributed by atoms with E-state index < -0.39 is 5.97 Å². The van der Waals surface area contributed by atoms with Crippen molar-refractivity contribution in [1.29, 1.82) is 0 Å². The summed E-state index contributed by atoms with van der Waals surface area (Å²) in [5, 5.41) is 3.85. The highest BCUT2D eigenvalue weighted by Crippen LogP contribution is 2.17. The zero-order valence-electron chi connectivity index (χ0n) is 12.3. The Bertz CT molecular complexity index is 829. The molecule has 23 heavy (non-hydrogen) atoms. The zero-order valence-corrected chi connectivity index (χ0v) is 12.3. The van der Waals surface area contributed by atoms with E-state index >= 15 is 0 Å². The van der Waals surface area contributed by atoms with Gasteiger partial charge in [-0.2, -0.15) is 4.98 Å². The van der Waals surface area contributed by atoms with E-state index in [9.17, 15) is 4.79 Å². The predicted molar refractivity (Wildman–Crippen MR) is 80.0 cm³/mol. The molecule has 0 aliphatic carbocycles. The molecule has 8 heteroatoms. The number of anilines is 1. The molecule has 0 aliphatic rings. The topological polar surface area (TPSA) is 117 Å². The Morgan fingerprint density at radius 2 is 1.96 bits per heavy atom. The Labute approximate surface area is 131 Å². The lowest BCUT2D eigenvalue weighted by Gasteiger charge is -2.02. The molecular formula is C15H13N5O3. The largest absolute Gasteiger partial charge is 0.451 e. The highest BCUT2D eigenvalue weighted by atomic mass is 16.6. The highest BCUT2D eigenvalue weighted by molar-refractivity contribution is 5.91. The van der Waals surface area contributed by atoms with Crippen LogP contribution >= 0.6 is 0 Å². The van der Waals surface area contributed by atoms with Gasteiger partial charge in [0.05, 0.1) is 0 Å². The molecule has 0 bridgehead atoms. The number of rotatable bonds is 4. The molecule has 0 amide bonds. The SMILES string of the molecule is Cc1ccc(-c2noc(COC(=O)c3nccnc3N)n2)cc1. The number of hydrogen-bond donors (Lipinski definition) is 1. The fourth-order valence-corrected chi connectivity index (χ4v) is 1.84. The minimum absolute atomic E-state index is 0.00312. The lowest BCUT2D eigenvalue weighted by molar-refractivity contribution is 0.0424. The van der Waals surface area contributed by atoms with Gasteiger partial charge in [0.15, 0.2) is 18.1 Å². The Balaban J connectivity index is 1.67. The van der Waals surface area contributed by atoms with Crippen molar-refractivity contribution in [1.82, 2.24) is 20.1 Å². The average molecular weight is 311 g/mol. The van der Waals surface area contributed by atoms with Gasteiger partial charge in [-0.3, -0.25) is 0 Å². The number of aryl methyl sites for hydroxylation is 1. The first-order valence-electron chi connectivity index (χ1n) is 6.76. The van der Waals surface area contributed by atoms with E-state index in [2.05, 4.69) is 20.1 Å². The first kappa shape index (κ1) is 14.6. The van der Waals surface area contributed by atoms with Crippen LogP contribution in [0.15, 0.2) is 41.2 Å². The van der Waals surface area contributed by atoms with Crippen molar-refractivity contribution in [3.63, 3.8) is 0 Å². The summed E-state index contributed by atoms with van der Waals surface area (Å²) in [6, 6.07) is 7.66. The second-order valence-electron chi connectivity index (χ2n) is 4.74. The normalized spacial score (nSPS) is 10.5. The van der Waals surface area contributed by atoms with Gasteiger partial charge in [-0.05, 0) is 6.92 Å². The number of nitrogen functional groups attached to an aromatic ring is 1. The first-order valence-corrected chi connectivity index (χ1v) is 6.76. The standard InChI is InChI=1S/C15H13N5O3/c1-9-2-4-10(5-3-9)14-19-11(23-20-14)8-22-15(21)12-13(16)18-7-6-17-12/h2-7H,8H2,1H3,(H2,16,18). The summed E-state index contributed by atoms with van der Waals surface area (Å²) in [5.41, 5.74) is 7.45. The minimum atomic E-state index is -0.703. The van der Waals surface area contributed by atoms with Crippen molar-refractivity contribution in [3.05, 3.63) is 53.8 Å².